The summed E-state index contributed by atoms with van der Waals surface area (Å²) in [6.45, 7) is 0. The van der Waals surface area contributed by atoms with Gasteiger partial charge in [0.05, 0.1) is 23.3 Å². The topological polar surface area (TPSA) is 60.4 Å². The molecule has 2 heterocycles. The number of rotatable bonds is 0. The second-order valence-electron chi connectivity index (χ2n) is 4.93. The van der Waals surface area contributed by atoms with Gasteiger partial charge in [-0.2, -0.15) is 0 Å². The van der Waals surface area contributed by atoms with Crippen molar-refractivity contribution in [2.75, 3.05) is 0 Å². The summed E-state index contributed by atoms with van der Waals surface area (Å²) < 4.78 is 10.2. The van der Waals surface area contributed by atoms with Crippen molar-refractivity contribution in [2.24, 2.45) is 0 Å². The molecule has 0 atom stereocenters. The monoisotopic (exact) mass is 290 g/mol. The second kappa shape index (κ2) is 4.70. The molecule has 0 amide bonds. The van der Waals surface area contributed by atoms with Crippen LogP contribution in [0.2, 0.25) is 0 Å². The van der Waals surface area contributed by atoms with Crippen LogP contribution >= 0.6 is 0 Å². The lowest BCUT2D eigenvalue weighted by molar-refractivity contribution is 0.601. The average molecular weight is 290 g/mol. The molecule has 0 saturated heterocycles. The van der Waals surface area contributed by atoms with Crippen LogP contribution in [0.25, 0.3) is 33.1 Å². The van der Waals surface area contributed by atoms with E-state index in [2.05, 4.69) is 0 Å². The van der Waals surface area contributed by atoms with Gasteiger partial charge in [-0.25, -0.2) is 0 Å². The summed E-state index contributed by atoms with van der Waals surface area (Å²) in [5, 5.41) is 1.39. The van der Waals surface area contributed by atoms with E-state index in [1.54, 1.807) is 12.1 Å². The first-order valence-corrected chi connectivity index (χ1v) is 6.77. The first kappa shape index (κ1) is 12.6. The van der Waals surface area contributed by atoms with E-state index in [9.17, 15) is 9.59 Å². The largest absolute Gasteiger partial charge is 0.464 e. The molecular weight excluding hydrogens is 280 g/mol. The van der Waals surface area contributed by atoms with E-state index < -0.39 is 0 Å². The highest BCUT2D eigenvalue weighted by Crippen LogP contribution is 2.42. The normalized spacial score (nSPS) is 11.1. The molecule has 0 aliphatic heterocycles. The molecule has 22 heavy (non-hydrogen) atoms. The molecule has 2 aromatic heterocycles. The van der Waals surface area contributed by atoms with Crippen LogP contribution in [0, 0.1) is 0 Å². The van der Waals surface area contributed by atoms with Crippen LogP contribution in [-0.2, 0) is 0 Å². The van der Waals surface area contributed by atoms with Gasteiger partial charge >= 0.3 is 0 Å². The van der Waals surface area contributed by atoms with E-state index in [0.29, 0.717) is 11.0 Å². The van der Waals surface area contributed by atoms with Gasteiger partial charge in [0.2, 0.25) is 0 Å². The van der Waals surface area contributed by atoms with E-state index >= 15 is 0 Å². The van der Waals surface area contributed by atoms with Crippen molar-refractivity contribution in [1.82, 2.24) is 0 Å². The fourth-order valence-electron chi connectivity index (χ4n) is 2.51. The minimum atomic E-state index is 0.00634. The quantitative estimate of drug-likeness (QED) is 0.437. The second-order valence-corrected chi connectivity index (χ2v) is 4.93. The summed E-state index contributed by atoms with van der Waals surface area (Å²) in [4.78, 5) is 22.3. The highest BCUT2D eigenvalue weighted by atomic mass is 16.3. The Morgan fingerprint density at radius 2 is 1.41 bits per heavy atom. The molecule has 4 nitrogen and oxygen atoms in total. The highest BCUT2D eigenvalue weighted by Gasteiger charge is 2.22. The van der Waals surface area contributed by atoms with E-state index in [1.165, 1.54) is 24.7 Å². The standard InChI is InChI=1S/C9H4O2.C9H6O2/c10-7-3-4-11-9-6-2-1-5(6)8(7)9;10-8-5-6-11-9-4-2-1-3-7(8)9/h1-4H;1-6H. The average Bonchev–Trinajstić information content (AvgIpc) is 2.51. The summed E-state index contributed by atoms with van der Waals surface area (Å²) in [5.74, 6) is 0. The Morgan fingerprint density at radius 1 is 0.682 bits per heavy atom. The van der Waals surface area contributed by atoms with Gasteiger partial charge < -0.3 is 8.83 Å². The molecule has 106 valence electrons. The van der Waals surface area contributed by atoms with E-state index in [-0.39, 0.29) is 10.9 Å². The van der Waals surface area contributed by atoms with Crippen LogP contribution in [0.15, 0.2) is 79.5 Å². The van der Waals surface area contributed by atoms with Crippen LogP contribution in [0.4, 0.5) is 0 Å². The van der Waals surface area contributed by atoms with Crippen molar-refractivity contribution >= 4 is 21.9 Å². The molecule has 0 radical (unpaired) electrons. The molecule has 0 spiro atoms. The van der Waals surface area contributed by atoms with Crippen molar-refractivity contribution in [1.29, 1.82) is 0 Å². The third kappa shape index (κ3) is 1.78. The maximum Gasteiger partial charge on any atom is 0.193 e. The smallest absolute Gasteiger partial charge is 0.193 e. The first-order valence-electron chi connectivity index (χ1n) is 6.77. The minimum absolute atomic E-state index is 0.00634. The third-order valence-corrected chi connectivity index (χ3v) is 3.67. The van der Waals surface area contributed by atoms with Crippen LogP contribution in [0.5, 0.6) is 0 Å². The third-order valence-electron chi connectivity index (χ3n) is 3.67. The van der Waals surface area contributed by atoms with Gasteiger partial charge in [-0.3, -0.25) is 9.59 Å². The van der Waals surface area contributed by atoms with Crippen molar-refractivity contribution in [2.45, 2.75) is 0 Å². The molecule has 2 aliphatic rings. The zero-order chi connectivity index (χ0) is 15.1. The first-order chi connectivity index (χ1) is 10.8. The lowest BCUT2D eigenvalue weighted by Crippen LogP contribution is -2.07. The van der Waals surface area contributed by atoms with Crippen molar-refractivity contribution < 1.29 is 8.83 Å². The molecule has 0 bridgehead atoms. The zero-order valence-electron chi connectivity index (χ0n) is 11.4. The highest BCUT2D eigenvalue weighted by molar-refractivity contribution is 6.13. The molecule has 5 rings (SSSR count). The molecule has 0 N–H and O–H groups in total. The Morgan fingerprint density at radius 3 is 2.14 bits per heavy atom. The van der Waals surface area contributed by atoms with Gasteiger partial charge in [-0.05, 0) is 18.2 Å². The Bertz CT molecular complexity index is 1070. The van der Waals surface area contributed by atoms with Crippen LogP contribution in [-0.4, -0.2) is 0 Å². The summed E-state index contributed by atoms with van der Waals surface area (Å²) in [7, 11) is 0. The van der Waals surface area contributed by atoms with Crippen LogP contribution in [0.1, 0.15) is 0 Å². The predicted octanol–water partition coefficient (Wildman–Crippen LogP) is 3.57. The summed E-state index contributed by atoms with van der Waals surface area (Å²) >= 11 is 0. The molecule has 3 aromatic rings. The predicted molar refractivity (Wildman–Crippen MR) is 84.0 cm³/mol. The maximum atomic E-state index is 11.2. The number of fused-ring (bicyclic) bond motifs is 5. The van der Waals surface area contributed by atoms with Gasteiger partial charge in [0.1, 0.15) is 11.2 Å². The fraction of sp³-hybridized carbons (Fsp3) is 0. The zero-order valence-corrected chi connectivity index (χ0v) is 11.4. The fourth-order valence-corrected chi connectivity index (χ4v) is 2.51. The summed E-state index contributed by atoms with van der Waals surface area (Å²) in [5.41, 5.74) is 3.63. The molecule has 0 unspecified atom stereocenters. The Labute approximate surface area is 124 Å². The molecule has 1 aromatic carbocycles. The van der Waals surface area contributed by atoms with Crippen molar-refractivity contribution in [3.8, 4) is 11.1 Å². The Balaban J connectivity index is 0.000000114. The van der Waals surface area contributed by atoms with Gasteiger partial charge in [0, 0.05) is 23.3 Å². The Hall–Kier alpha value is -3.14. The molecule has 0 saturated carbocycles. The SMILES string of the molecule is O=c1ccoc2c3ccc-3c12.O=c1ccoc2ccccc12. The summed E-state index contributed by atoms with van der Waals surface area (Å²) in [6, 6.07) is 14.0. The molecule has 0 fully saturated rings. The number of para-hydroxylation sites is 1. The van der Waals surface area contributed by atoms with E-state index in [0.717, 1.165) is 22.1 Å². The van der Waals surface area contributed by atoms with Gasteiger partial charge in [-0.1, -0.05) is 18.2 Å². The number of hydrogen-bond donors (Lipinski definition) is 0. The maximum absolute atomic E-state index is 11.2. The Kier molecular flexibility index (Phi) is 2.69. The van der Waals surface area contributed by atoms with Crippen molar-refractivity contribution in [3.63, 3.8) is 0 Å². The van der Waals surface area contributed by atoms with E-state index in [1.807, 2.05) is 24.3 Å². The van der Waals surface area contributed by atoms with Crippen LogP contribution in [0.3, 0.4) is 0 Å². The van der Waals surface area contributed by atoms with Gasteiger partial charge in [0.15, 0.2) is 10.9 Å². The minimum Gasteiger partial charge on any atom is -0.464 e. The lowest BCUT2D eigenvalue weighted by atomic mass is 9.87. The molecule has 4 heteroatoms. The van der Waals surface area contributed by atoms with Crippen LogP contribution < -0.4 is 10.9 Å². The number of hydrogen-bond acceptors (Lipinski definition) is 4. The number of benzene rings is 2. The van der Waals surface area contributed by atoms with Gasteiger partial charge in [0.25, 0.3) is 0 Å². The molecular formula is C18H10O4. The lowest BCUT2D eigenvalue weighted by Gasteiger charge is -2.17. The summed E-state index contributed by atoms with van der Waals surface area (Å²) in [6.07, 6.45) is 2.85. The van der Waals surface area contributed by atoms with Crippen molar-refractivity contribution in [3.05, 3.63) is 81.5 Å². The van der Waals surface area contributed by atoms with E-state index in [4.69, 9.17) is 8.83 Å². The molecule has 2 aliphatic carbocycles. The van der Waals surface area contributed by atoms with Gasteiger partial charge in [-0.15, -0.1) is 0 Å².